The van der Waals surface area contributed by atoms with Crippen LogP contribution in [0.3, 0.4) is 0 Å². The van der Waals surface area contributed by atoms with Crippen molar-refractivity contribution < 1.29 is 19.2 Å². The second kappa shape index (κ2) is 6.20. The van der Waals surface area contributed by atoms with Gasteiger partial charge in [-0.1, -0.05) is 18.2 Å². The number of hydrogen-bond acceptors (Lipinski definition) is 5. The monoisotopic (exact) mass is 316 g/mol. The van der Waals surface area contributed by atoms with Crippen molar-refractivity contribution in [2.45, 2.75) is 12.8 Å². The summed E-state index contributed by atoms with van der Waals surface area (Å²) in [7, 11) is 0. The van der Waals surface area contributed by atoms with Gasteiger partial charge >= 0.3 is 5.97 Å². The average Bonchev–Trinajstić information content (AvgIpc) is 3.16. The first-order valence-electron chi connectivity index (χ1n) is 7.42. The molecule has 1 aromatic rings. The molecule has 120 valence electrons. The molecule has 1 saturated carbocycles. The SMILES string of the molecule is O=C(COC(=O)[C@@H]1C[C@@H]2C=C[C@H]1C2)Nc1cccc([N+](=O)[O-])c1. The summed E-state index contributed by atoms with van der Waals surface area (Å²) in [5, 5.41) is 13.2. The van der Waals surface area contributed by atoms with Crippen LogP contribution in [0, 0.1) is 27.9 Å². The van der Waals surface area contributed by atoms with E-state index in [4.69, 9.17) is 4.74 Å². The van der Waals surface area contributed by atoms with Crippen molar-refractivity contribution in [1.29, 1.82) is 0 Å². The molecular weight excluding hydrogens is 300 g/mol. The molecule has 1 N–H and O–H groups in total. The molecule has 2 bridgehead atoms. The summed E-state index contributed by atoms with van der Waals surface area (Å²) in [6.07, 6.45) is 5.94. The van der Waals surface area contributed by atoms with Crippen molar-refractivity contribution in [3.05, 3.63) is 46.5 Å². The Bertz CT molecular complexity index is 685. The van der Waals surface area contributed by atoms with Crippen LogP contribution in [0.2, 0.25) is 0 Å². The lowest BCUT2D eigenvalue weighted by Crippen LogP contribution is -2.26. The molecule has 2 aliphatic carbocycles. The van der Waals surface area contributed by atoms with Gasteiger partial charge in [-0.05, 0) is 30.7 Å². The molecule has 23 heavy (non-hydrogen) atoms. The number of allylic oxidation sites excluding steroid dienone is 2. The molecular formula is C16H16N2O5. The largest absolute Gasteiger partial charge is 0.455 e. The summed E-state index contributed by atoms with van der Waals surface area (Å²) in [4.78, 5) is 33.9. The molecule has 0 aromatic heterocycles. The number of ether oxygens (including phenoxy) is 1. The van der Waals surface area contributed by atoms with Crippen molar-refractivity contribution in [3.8, 4) is 0 Å². The summed E-state index contributed by atoms with van der Waals surface area (Å²) in [6, 6.07) is 5.59. The zero-order chi connectivity index (χ0) is 16.4. The van der Waals surface area contributed by atoms with Crippen LogP contribution in [-0.4, -0.2) is 23.4 Å². The van der Waals surface area contributed by atoms with Crippen molar-refractivity contribution in [2.24, 2.45) is 17.8 Å². The number of non-ortho nitro benzene ring substituents is 1. The van der Waals surface area contributed by atoms with Gasteiger partial charge in [0.05, 0.1) is 10.8 Å². The standard InChI is InChI=1S/C16H16N2O5/c19-15(17-12-2-1-3-13(8-12)18(21)22)9-23-16(20)14-7-10-4-5-11(14)6-10/h1-5,8,10-11,14H,6-7,9H2,(H,17,19)/t10-,11+,14-/m1/s1. The van der Waals surface area contributed by atoms with E-state index in [2.05, 4.69) is 11.4 Å². The lowest BCUT2D eigenvalue weighted by molar-refractivity contribution is -0.384. The third-order valence-corrected chi connectivity index (χ3v) is 4.27. The number of fused-ring (bicyclic) bond motifs is 2. The molecule has 7 heteroatoms. The predicted octanol–water partition coefficient (Wildman–Crippen LogP) is 2.29. The van der Waals surface area contributed by atoms with E-state index in [0.29, 0.717) is 11.6 Å². The zero-order valence-electron chi connectivity index (χ0n) is 12.3. The molecule has 0 aliphatic heterocycles. The minimum Gasteiger partial charge on any atom is -0.455 e. The smallest absolute Gasteiger partial charge is 0.310 e. The van der Waals surface area contributed by atoms with Gasteiger partial charge in [-0.3, -0.25) is 19.7 Å². The minimum atomic E-state index is -0.543. The van der Waals surface area contributed by atoms with Gasteiger partial charge in [0.15, 0.2) is 6.61 Å². The molecule has 1 amide bonds. The third kappa shape index (κ3) is 3.39. The van der Waals surface area contributed by atoms with Crippen LogP contribution in [0.25, 0.3) is 0 Å². The van der Waals surface area contributed by atoms with E-state index in [0.717, 1.165) is 12.8 Å². The maximum absolute atomic E-state index is 12.0. The maximum Gasteiger partial charge on any atom is 0.310 e. The van der Waals surface area contributed by atoms with Gasteiger partial charge in [0.25, 0.3) is 11.6 Å². The number of benzene rings is 1. The molecule has 0 saturated heterocycles. The van der Waals surface area contributed by atoms with Crippen LogP contribution in [0.1, 0.15) is 12.8 Å². The summed E-state index contributed by atoms with van der Waals surface area (Å²) < 4.78 is 5.07. The first-order valence-corrected chi connectivity index (χ1v) is 7.42. The highest BCUT2D eigenvalue weighted by molar-refractivity contribution is 5.93. The fourth-order valence-corrected chi connectivity index (χ4v) is 3.19. The number of anilines is 1. The summed E-state index contributed by atoms with van der Waals surface area (Å²) in [5.74, 6) is -0.340. The number of esters is 1. The van der Waals surface area contributed by atoms with Crippen LogP contribution >= 0.6 is 0 Å². The fourth-order valence-electron chi connectivity index (χ4n) is 3.19. The quantitative estimate of drug-likeness (QED) is 0.389. The Morgan fingerprint density at radius 1 is 1.30 bits per heavy atom. The molecule has 1 aromatic carbocycles. The highest BCUT2D eigenvalue weighted by Gasteiger charge is 2.40. The molecule has 2 aliphatic rings. The number of hydrogen-bond donors (Lipinski definition) is 1. The second-order valence-electron chi connectivity index (χ2n) is 5.85. The highest BCUT2D eigenvalue weighted by atomic mass is 16.6. The molecule has 3 rings (SSSR count). The van der Waals surface area contributed by atoms with Crippen LogP contribution in [0.15, 0.2) is 36.4 Å². The highest BCUT2D eigenvalue weighted by Crippen LogP contribution is 2.43. The van der Waals surface area contributed by atoms with E-state index in [1.54, 1.807) is 0 Å². The number of nitro benzene ring substituents is 1. The van der Waals surface area contributed by atoms with Crippen LogP contribution in [0.4, 0.5) is 11.4 Å². The summed E-state index contributed by atoms with van der Waals surface area (Å²) >= 11 is 0. The first kappa shape index (κ1) is 15.2. The molecule has 0 radical (unpaired) electrons. The van der Waals surface area contributed by atoms with Crippen LogP contribution in [0.5, 0.6) is 0 Å². The number of carbonyl (C=O) groups is 2. The van der Waals surface area contributed by atoms with Gasteiger partial charge in [0.2, 0.25) is 0 Å². The van der Waals surface area contributed by atoms with Crippen LogP contribution in [-0.2, 0) is 14.3 Å². The molecule has 0 unspecified atom stereocenters. The number of carbonyl (C=O) groups excluding carboxylic acids is 2. The normalized spacial score (nSPS) is 24.4. The van der Waals surface area contributed by atoms with Gasteiger partial charge < -0.3 is 10.1 Å². The Balaban J connectivity index is 1.50. The van der Waals surface area contributed by atoms with E-state index in [-0.39, 0.29) is 30.1 Å². The zero-order valence-corrected chi connectivity index (χ0v) is 12.3. The van der Waals surface area contributed by atoms with Gasteiger partial charge in [0.1, 0.15) is 0 Å². The maximum atomic E-state index is 12.0. The van der Waals surface area contributed by atoms with Gasteiger partial charge in [-0.2, -0.15) is 0 Å². The van der Waals surface area contributed by atoms with E-state index >= 15 is 0 Å². The van der Waals surface area contributed by atoms with Crippen molar-refractivity contribution in [2.75, 3.05) is 11.9 Å². The second-order valence-corrected chi connectivity index (χ2v) is 5.85. The lowest BCUT2D eigenvalue weighted by Gasteiger charge is -2.16. The molecule has 0 heterocycles. The number of nitro groups is 1. The van der Waals surface area contributed by atoms with E-state index in [1.807, 2.05) is 6.08 Å². The Morgan fingerprint density at radius 2 is 2.13 bits per heavy atom. The van der Waals surface area contributed by atoms with E-state index in [9.17, 15) is 19.7 Å². The summed E-state index contributed by atoms with van der Waals surface area (Å²) in [5.41, 5.74) is 0.177. The Labute approximate surface area is 132 Å². The van der Waals surface area contributed by atoms with E-state index in [1.165, 1.54) is 24.3 Å². The van der Waals surface area contributed by atoms with Gasteiger partial charge in [0, 0.05) is 17.8 Å². The Hall–Kier alpha value is -2.70. The Kier molecular flexibility index (Phi) is 4.10. The van der Waals surface area contributed by atoms with Gasteiger partial charge in [-0.25, -0.2) is 0 Å². The minimum absolute atomic E-state index is 0.117. The number of amides is 1. The number of nitrogens with one attached hydrogen (secondary N) is 1. The molecule has 1 fully saturated rings. The lowest BCUT2D eigenvalue weighted by atomic mass is 9.94. The first-order chi connectivity index (χ1) is 11.0. The summed E-state index contributed by atoms with van der Waals surface area (Å²) in [6.45, 7) is -0.390. The average molecular weight is 316 g/mol. The van der Waals surface area contributed by atoms with Crippen LogP contribution < -0.4 is 5.32 Å². The van der Waals surface area contributed by atoms with Crippen molar-refractivity contribution in [1.82, 2.24) is 0 Å². The predicted molar refractivity (Wildman–Crippen MR) is 81.5 cm³/mol. The van der Waals surface area contributed by atoms with E-state index < -0.39 is 10.8 Å². The number of rotatable bonds is 5. The fraction of sp³-hybridized carbons (Fsp3) is 0.375. The van der Waals surface area contributed by atoms with Crippen molar-refractivity contribution in [3.63, 3.8) is 0 Å². The molecule has 0 spiro atoms. The van der Waals surface area contributed by atoms with Crippen molar-refractivity contribution >= 4 is 23.3 Å². The van der Waals surface area contributed by atoms with Gasteiger partial charge in [-0.15, -0.1) is 0 Å². The Morgan fingerprint density at radius 3 is 2.78 bits per heavy atom. The topological polar surface area (TPSA) is 98.5 Å². The molecule has 3 atom stereocenters. The third-order valence-electron chi connectivity index (χ3n) is 4.27. The molecule has 7 nitrogen and oxygen atoms in total. The number of nitrogens with zero attached hydrogens (tertiary/aromatic N) is 1.